The average Bonchev–Trinajstić information content (AvgIpc) is 3.09. The molecule has 154 valence electrons. The summed E-state index contributed by atoms with van der Waals surface area (Å²) in [6, 6.07) is 7.26. The first-order valence-electron chi connectivity index (χ1n) is 9.67. The van der Waals surface area contributed by atoms with Gasteiger partial charge in [-0.15, -0.1) is 11.3 Å². The van der Waals surface area contributed by atoms with E-state index in [2.05, 4.69) is 16.1 Å². The van der Waals surface area contributed by atoms with E-state index in [0.717, 1.165) is 30.9 Å². The predicted octanol–water partition coefficient (Wildman–Crippen LogP) is 3.68. The number of thiophene rings is 1. The Morgan fingerprint density at radius 3 is 2.59 bits per heavy atom. The Morgan fingerprint density at radius 1 is 1.28 bits per heavy atom. The van der Waals surface area contributed by atoms with E-state index >= 15 is 0 Å². The van der Waals surface area contributed by atoms with Gasteiger partial charge < -0.3 is 15.2 Å². The summed E-state index contributed by atoms with van der Waals surface area (Å²) in [5.74, 6) is 0.709. The lowest BCUT2D eigenvalue weighted by Gasteiger charge is -2.37. The topological polar surface area (TPSA) is 91.8 Å². The van der Waals surface area contributed by atoms with Gasteiger partial charge in [0, 0.05) is 19.6 Å². The number of benzene rings is 1. The molecule has 1 aromatic carbocycles. The molecule has 0 unspecified atom stereocenters. The standard InChI is InChI=1S/C21H26N4O3S/c1-4-25(24-10-6-5-7-11-24)21-16(13-22)18(23)20(29-21)19(26)15-12-14(27-2)8-9-17(15)28-3/h8-9,12H,4-7,10-11,23H2,1-3H3. The summed E-state index contributed by atoms with van der Waals surface area (Å²) in [4.78, 5) is 13.7. The maximum absolute atomic E-state index is 13.3. The van der Waals surface area contributed by atoms with Gasteiger partial charge in [0.15, 0.2) is 0 Å². The highest BCUT2D eigenvalue weighted by atomic mass is 32.1. The minimum atomic E-state index is -0.277. The first kappa shape index (κ1) is 21.0. The molecule has 0 bridgehead atoms. The maximum Gasteiger partial charge on any atom is 0.209 e. The van der Waals surface area contributed by atoms with Gasteiger partial charge in [-0.25, -0.2) is 5.01 Å². The normalized spacial score (nSPS) is 14.3. The number of nitrogens with two attached hydrogens (primary N) is 1. The Morgan fingerprint density at radius 2 is 2.00 bits per heavy atom. The molecule has 1 aliphatic heterocycles. The van der Waals surface area contributed by atoms with Crippen LogP contribution >= 0.6 is 11.3 Å². The van der Waals surface area contributed by atoms with Crippen molar-refractivity contribution in [2.75, 3.05) is 44.6 Å². The minimum Gasteiger partial charge on any atom is -0.497 e. The Hall–Kier alpha value is -2.76. The number of methoxy groups -OCH3 is 2. The Labute approximate surface area is 175 Å². The molecular weight excluding hydrogens is 388 g/mol. The van der Waals surface area contributed by atoms with Crippen molar-refractivity contribution < 1.29 is 14.3 Å². The summed E-state index contributed by atoms with van der Waals surface area (Å²) in [7, 11) is 3.05. The second-order valence-corrected chi connectivity index (χ2v) is 7.76. The van der Waals surface area contributed by atoms with Crippen LogP contribution in [0.4, 0.5) is 10.7 Å². The Kier molecular flexibility index (Phi) is 6.62. The number of nitriles is 1. The number of hydrogen-bond donors (Lipinski definition) is 1. The third kappa shape index (κ3) is 4.02. The van der Waals surface area contributed by atoms with Crippen molar-refractivity contribution >= 4 is 27.8 Å². The fourth-order valence-corrected chi connectivity index (χ4v) is 4.81. The van der Waals surface area contributed by atoms with Gasteiger partial charge in [0.2, 0.25) is 5.78 Å². The summed E-state index contributed by atoms with van der Waals surface area (Å²) in [5.41, 5.74) is 7.22. The summed E-state index contributed by atoms with van der Waals surface area (Å²) >= 11 is 1.26. The van der Waals surface area contributed by atoms with Crippen molar-refractivity contribution in [1.29, 1.82) is 5.26 Å². The van der Waals surface area contributed by atoms with Crippen LogP contribution in [0.1, 0.15) is 47.0 Å². The van der Waals surface area contributed by atoms with E-state index in [1.54, 1.807) is 25.3 Å². The molecule has 7 nitrogen and oxygen atoms in total. The average molecular weight is 415 g/mol. The Bertz CT molecular complexity index is 929. The highest BCUT2D eigenvalue weighted by Crippen LogP contribution is 2.41. The first-order chi connectivity index (χ1) is 14.0. The van der Waals surface area contributed by atoms with Gasteiger partial charge in [-0.3, -0.25) is 9.80 Å². The number of nitrogen functional groups attached to an aromatic ring is 1. The highest BCUT2D eigenvalue weighted by molar-refractivity contribution is 7.19. The number of carbonyl (C=O) groups excluding carboxylic acids is 1. The van der Waals surface area contributed by atoms with E-state index in [9.17, 15) is 10.1 Å². The fourth-order valence-electron chi connectivity index (χ4n) is 3.59. The van der Waals surface area contributed by atoms with Gasteiger partial charge in [-0.2, -0.15) is 5.26 Å². The molecule has 0 saturated carbocycles. The van der Waals surface area contributed by atoms with Crippen LogP contribution in [0.25, 0.3) is 0 Å². The van der Waals surface area contributed by atoms with Gasteiger partial charge in [0.25, 0.3) is 0 Å². The van der Waals surface area contributed by atoms with Crippen LogP contribution < -0.4 is 20.2 Å². The molecule has 0 amide bonds. The lowest BCUT2D eigenvalue weighted by molar-refractivity contribution is 0.104. The number of ether oxygens (including phenoxy) is 2. The zero-order chi connectivity index (χ0) is 21.0. The SMILES string of the molecule is CCN(c1sc(C(=O)c2cc(OC)ccc2OC)c(N)c1C#N)N1CCCCC1. The number of nitrogens with zero attached hydrogens (tertiary/aromatic N) is 3. The van der Waals surface area contributed by atoms with E-state index < -0.39 is 0 Å². The summed E-state index contributed by atoms with van der Waals surface area (Å²) in [5, 5.41) is 14.8. The third-order valence-electron chi connectivity index (χ3n) is 5.10. The van der Waals surface area contributed by atoms with Gasteiger partial charge in [-0.1, -0.05) is 6.42 Å². The van der Waals surface area contributed by atoms with Crippen molar-refractivity contribution in [3.8, 4) is 17.6 Å². The summed E-state index contributed by atoms with van der Waals surface area (Å²) < 4.78 is 10.6. The van der Waals surface area contributed by atoms with Crippen LogP contribution in [0.5, 0.6) is 11.5 Å². The first-order valence-corrected chi connectivity index (χ1v) is 10.5. The maximum atomic E-state index is 13.3. The molecular formula is C21H26N4O3S. The zero-order valence-electron chi connectivity index (χ0n) is 17.0. The molecule has 0 radical (unpaired) electrons. The van der Waals surface area contributed by atoms with Crippen LogP contribution in [0.2, 0.25) is 0 Å². The van der Waals surface area contributed by atoms with Gasteiger partial charge in [0.1, 0.15) is 33.0 Å². The quantitative estimate of drug-likeness (QED) is 0.691. The fraction of sp³-hybridized carbons (Fsp3) is 0.429. The van der Waals surface area contributed by atoms with E-state index in [1.165, 1.54) is 24.9 Å². The summed E-state index contributed by atoms with van der Waals surface area (Å²) in [6.45, 7) is 4.61. The number of hydrazine groups is 1. The smallest absolute Gasteiger partial charge is 0.209 e. The monoisotopic (exact) mass is 414 g/mol. The molecule has 2 heterocycles. The predicted molar refractivity (Wildman–Crippen MR) is 115 cm³/mol. The van der Waals surface area contributed by atoms with Gasteiger partial charge in [0.05, 0.1) is 25.5 Å². The summed E-state index contributed by atoms with van der Waals surface area (Å²) in [6.07, 6.45) is 3.45. The number of piperidine rings is 1. The third-order valence-corrected chi connectivity index (χ3v) is 6.32. The molecule has 1 aliphatic rings. The molecule has 0 aliphatic carbocycles. The number of hydrogen-bond acceptors (Lipinski definition) is 8. The van der Waals surface area contributed by atoms with Crippen LogP contribution in [-0.2, 0) is 0 Å². The second kappa shape index (κ2) is 9.16. The Balaban J connectivity index is 2.05. The molecule has 0 atom stereocenters. The van der Waals surface area contributed by atoms with Crippen molar-refractivity contribution in [3.05, 3.63) is 34.2 Å². The van der Waals surface area contributed by atoms with Gasteiger partial charge >= 0.3 is 0 Å². The minimum absolute atomic E-state index is 0.220. The van der Waals surface area contributed by atoms with E-state index in [4.69, 9.17) is 15.2 Å². The van der Waals surface area contributed by atoms with E-state index in [-0.39, 0.29) is 11.5 Å². The number of ketones is 1. The molecule has 0 spiro atoms. The van der Waals surface area contributed by atoms with Crippen molar-refractivity contribution in [1.82, 2.24) is 5.01 Å². The van der Waals surface area contributed by atoms with Crippen molar-refractivity contribution in [2.24, 2.45) is 0 Å². The van der Waals surface area contributed by atoms with Crippen LogP contribution in [0.3, 0.4) is 0 Å². The lowest BCUT2D eigenvalue weighted by Crippen LogP contribution is -2.45. The van der Waals surface area contributed by atoms with Crippen LogP contribution in [-0.4, -0.2) is 44.6 Å². The molecule has 2 aromatic rings. The number of rotatable bonds is 7. The molecule has 29 heavy (non-hydrogen) atoms. The molecule has 1 aromatic heterocycles. The van der Waals surface area contributed by atoms with E-state index in [0.29, 0.717) is 34.0 Å². The number of anilines is 2. The molecule has 3 rings (SSSR count). The molecule has 8 heteroatoms. The highest BCUT2D eigenvalue weighted by Gasteiger charge is 2.29. The van der Waals surface area contributed by atoms with Crippen molar-refractivity contribution in [2.45, 2.75) is 26.2 Å². The van der Waals surface area contributed by atoms with Crippen LogP contribution in [0.15, 0.2) is 18.2 Å². The van der Waals surface area contributed by atoms with Gasteiger partial charge in [-0.05, 0) is 38.0 Å². The lowest BCUT2D eigenvalue weighted by atomic mass is 10.1. The number of carbonyl (C=O) groups is 1. The zero-order valence-corrected chi connectivity index (χ0v) is 17.8. The largest absolute Gasteiger partial charge is 0.497 e. The van der Waals surface area contributed by atoms with Crippen molar-refractivity contribution in [3.63, 3.8) is 0 Å². The van der Waals surface area contributed by atoms with E-state index in [1.807, 2.05) is 6.92 Å². The molecule has 1 saturated heterocycles. The second-order valence-electron chi connectivity index (χ2n) is 6.76. The van der Waals surface area contributed by atoms with Crippen LogP contribution in [0, 0.1) is 11.3 Å². The molecule has 2 N–H and O–H groups in total. The molecule has 1 fully saturated rings.